The van der Waals surface area contributed by atoms with Gasteiger partial charge in [0.2, 0.25) is 0 Å². The molecule has 0 amide bonds. The Bertz CT molecular complexity index is 157. The molecule has 0 atom stereocenters. The largest absolute Gasteiger partial charge is 0.380 e. The summed E-state index contributed by atoms with van der Waals surface area (Å²) in [7, 11) is 1.74. The maximum absolute atomic E-state index is 5.47. The monoisotopic (exact) mass is 170 g/mol. The normalized spacial score (nSPS) is 19.3. The van der Waals surface area contributed by atoms with Crippen molar-refractivity contribution in [3.05, 3.63) is 11.6 Å². The van der Waals surface area contributed by atoms with Crippen LogP contribution >= 0.6 is 0 Å². The van der Waals surface area contributed by atoms with E-state index in [1.807, 2.05) is 0 Å². The predicted octanol–water partition coefficient (Wildman–Crippen LogP) is 0.224. The van der Waals surface area contributed by atoms with E-state index in [0.29, 0.717) is 0 Å². The summed E-state index contributed by atoms with van der Waals surface area (Å²) < 4.78 is 5.07. The maximum atomic E-state index is 5.47. The summed E-state index contributed by atoms with van der Waals surface area (Å²) in [5.74, 6) is 0. The van der Waals surface area contributed by atoms with Gasteiger partial charge in [-0.1, -0.05) is 6.08 Å². The van der Waals surface area contributed by atoms with Crippen LogP contribution in [0.25, 0.3) is 0 Å². The topological polar surface area (TPSA) is 38.5 Å². The molecule has 0 bridgehead atoms. The lowest BCUT2D eigenvalue weighted by molar-refractivity contribution is 0.212. The van der Waals surface area contributed by atoms with Crippen molar-refractivity contribution in [1.29, 1.82) is 0 Å². The number of hydrogen-bond acceptors (Lipinski definition) is 3. The van der Waals surface area contributed by atoms with Gasteiger partial charge < -0.3 is 10.5 Å². The van der Waals surface area contributed by atoms with Crippen molar-refractivity contribution in [2.24, 2.45) is 5.73 Å². The average Bonchev–Trinajstić information content (AvgIpc) is 2.09. The lowest BCUT2D eigenvalue weighted by Gasteiger charge is -2.25. The summed E-state index contributed by atoms with van der Waals surface area (Å²) in [4.78, 5) is 2.36. The molecule has 0 saturated carbocycles. The van der Waals surface area contributed by atoms with Gasteiger partial charge in [0, 0.05) is 33.3 Å². The minimum absolute atomic E-state index is 0.757. The number of nitrogens with zero attached hydrogens (tertiary/aromatic N) is 1. The van der Waals surface area contributed by atoms with E-state index in [-0.39, 0.29) is 0 Å². The van der Waals surface area contributed by atoms with Crippen LogP contribution in [0.2, 0.25) is 0 Å². The van der Waals surface area contributed by atoms with Crippen LogP contribution in [0.3, 0.4) is 0 Å². The number of methoxy groups -OCH3 is 1. The molecule has 0 fully saturated rings. The molecule has 3 nitrogen and oxygen atoms in total. The van der Waals surface area contributed by atoms with Gasteiger partial charge in [0.05, 0.1) is 6.61 Å². The molecule has 2 N–H and O–H groups in total. The number of nitrogens with two attached hydrogens (primary N) is 1. The second kappa shape index (κ2) is 5.30. The van der Waals surface area contributed by atoms with Crippen molar-refractivity contribution >= 4 is 0 Å². The number of ether oxygens (including phenoxy) is 1. The van der Waals surface area contributed by atoms with Crippen LogP contribution in [0.5, 0.6) is 0 Å². The third kappa shape index (κ3) is 2.93. The molecule has 0 unspecified atom stereocenters. The zero-order valence-corrected chi connectivity index (χ0v) is 7.75. The lowest BCUT2D eigenvalue weighted by atomic mass is 10.1. The van der Waals surface area contributed by atoms with Crippen molar-refractivity contribution in [3.8, 4) is 0 Å². The zero-order valence-electron chi connectivity index (χ0n) is 7.75. The molecule has 0 aromatic carbocycles. The molecule has 0 aromatic rings. The van der Waals surface area contributed by atoms with Crippen LogP contribution in [-0.4, -0.2) is 44.8 Å². The van der Waals surface area contributed by atoms with Crippen LogP contribution in [0.15, 0.2) is 11.6 Å². The molecule has 12 heavy (non-hydrogen) atoms. The number of rotatable bonds is 4. The zero-order chi connectivity index (χ0) is 8.81. The molecule has 0 radical (unpaired) electrons. The second-order valence-electron chi connectivity index (χ2n) is 3.13. The Balaban J connectivity index is 2.26. The Morgan fingerprint density at radius 3 is 3.00 bits per heavy atom. The summed E-state index contributed by atoms with van der Waals surface area (Å²) >= 11 is 0. The Labute approximate surface area is 74.2 Å². The first kappa shape index (κ1) is 9.71. The van der Waals surface area contributed by atoms with Gasteiger partial charge in [0.1, 0.15) is 0 Å². The third-order valence-electron chi connectivity index (χ3n) is 2.16. The first-order chi connectivity index (χ1) is 5.86. The minimum Gasteiger partial charge on any atom is -0.380 e. The van der Waals surface area contributed by atoms with Crippen LogP contribution < -0.4 is 5.73 Å². The molecule has 1 heterocycles. The van der Waals surface area contributed by atoms with Crippen molar-refractivity contribution < 1.29 is 4.74 Å². The highest BCUT2D eigenvalue weighted by Gasteiger charge is 2.09. The van der Waals surface area contributed by atoms with Gasteiger partial charge >= 0.3 is 0 Å². The van der Waals surface area contributed by atoms with Crippen LogP contribution in [0.4, 0.5) is 0 Å². The second-order valence-corrected chi connectivity index (χ2v) is 3.13. The first-order valence-electron chi connectivity index (χ1n) is 4.46. The minimum atomic E-state index is 0.757. The molecule has 1 aliphatic rings. The fraction of sp³-hybridized carbons (Fsp3) is 0.778. The molecule has 0 aliphatic carbocycles. The van der Waals surface area contributed by atoms with Crippen molar-refractivity contribution in [2.75, 3.05) is 39.9 Å². The van der Waals surface area contributed by atoms with Gasteiger partial charge in [0.15, 0.2) is 0 Å². The molecule has 1 aliphatic heterocycles. The quantitative estimate of drug-likeness (QED) is 0.614. The molecule has 0 aromatic heterocycles. The SMILES string of the molecule is COCC1=CCN(CCN)CC1. The number of hydrogen-bond donors (Lipinski definition) is 1. The predicted molar refractivity (Wildman–Crippen MR) is 50.1 cm³/mol. The fourth-order valence-corrected chi connectivity index (χ4v) is 1.46. The summed E-state index contributed by atoms with van der Waals surface area (Å²) in [6.45, 7) is 4.73. The van der Waals surface area contributed by atoms with Gasteiger partial charge in [-0.25, -0.2) is 0 Å². The third-order valence-corrected chi connectivity index (χ3v) is 2.16. The molecule has 3 heteroatoms. The summed E-state index contributed by atoms with van der Waals surface area (Å²) in [5, 5.41) is 0. The highest BCUT2D eigenvalue weighted by atomic mass is 16.5. The highest BCUT2D eigenvalue weighted by molar-refractivity contribution is 5.07. The molecular formula is C9H18N2O. The Morgan fingerprint density at radius 1 is 1.67 bits per heavy atom. The smallest absolute Gasteiger partial charge is 0.0673 e. The van der Waals surface area contributed by atoms with E-state index >= 15 is 0 Å². The first-order valence-corrected chi connectivity index (χ1v) is 4.46. The maximum Gasteiger partial charge on any atom is 0.0673 e. The van der Waals surface area contributed by atoms with E-state index in [1.54, 1.807) is 7.11 Å². The van der Waals surface area contributed by atoms with Crippen LogP contribution in [0.1, 0.15) is 6.42 Å². The Morgan fingerprint density at radius 2 is 2.50 bits per heavy atom. The van der Waals surface area contributed by atoms with Gasteiger partial charge in [-0.2, -0.15) is 0 Å². The molecule has 70 valence electrons. The highest BCUT2D eigenvalue weighted by Crippen LogP contribution is 2.09. The van der Waals surface area contributed by atoms with Gasteiger partial charge in [-0.15, -0.1) is 0 Å². The Kier molecular flexibility index (Phi) is 4.29. The molecule has 0 saturated heterocycles. The standard InChI is InChI=1S/C9H18N2O/c1-12-8-9-2-5-11(6-3-9)7-4-10/h2H,3-8,10H2,1H3. The van der Waals surface area contributed by atoms with Crippen LogP contribution in [0, 0.1) is 0 Å². The van der Waals surface area contributed by atoms with E-state index < -0.39 is 0 Å². The summed E-state index contributed by atoms with van der Waals surface area (Å²) in [6, 6.07) is 0. The van der Waals surface area contributed by atoms with Gasteiger partial charge in [0.25, 0.3) is 0 Å². The van der Waals surface area contributed by atoms with E-state index in [0.717, 1.165) is 39.2 Å². The van der Waals surface area contributed by atoms with E-state index in [9.17, 15) is 0 Å². The fourth-order valence-electron chi connectivity index (χ4n) is 1.46. The molecular weight excluding hydrogens is 152 g/mol. The van der Waals surface area contributed by atoms with Gasteiger partial charge in [-0.05, 0) is 12.0 Å². The van der Waals surface area contributed by atoms with Crippen molar-refractivity contribution in [3.63, 3.8) is 0 Å². The van der Waals surface area contributed by atoms with E-state index in [2.05, 4.69) is 11.0 Å². The molecule has 1 rings (SSSR count). The average molecular weight is 170 g/mol. The summed E-state index contributed by atoms with van der Waals surface area (Å²) in [6.07, 6.45) is 3.39. The molecule has 0 spiro atoms. The van der Waals surface area contributed by atoms with E-state index in [1.165, 1.54) is 5.57 Å². The van der Waals surface area contributed by atoms with Gasteiger partial charge in [-0.3, -0.25) is 4.90 Å². The lowest BCUT2D eigenvalue weighted by Crippen LogP contribution is -2.33. The van der Waals surface area contributed by atoms with E-state index in [4.69, 9.17) is 10.5 Å². The van der Waals surface area contributed by atoms with Crippen molar-refractivity contribution in [2.45, 2.75) is 6.42 Å². The van der Waals surface area contributed by atoms with Crippen molar-refractivity contribution in [1.82, 2.24) is 4.90 Å². The Hall–Kier alpha value is -0.380. The van der Waals surface area contributed by atoms with Crippen LogP contribution in [-0.2, 0) is 4.74 Å². The summed E-state index contributed by atoms with van der Waals surface area (Å²) in [5.41, 5.74) is 6.89.